The molecule has 4 heteroatoms. The van der Waals surface area contributed by atoms with Crippen molar-refractivity contribution >= 4 is 5.91 Å². The zero-order valence-electron chi connectivity index (χ0n) is 10.6. The molecule has 4 nitrogen and oxygen atoms in total. The highest BCUT2D eigenvalue weighted by Gasteiger charge is 2.21. The molecule has 1 rings (SSSR count). The molecule has 1 aliphatic carbocycles. The molecule has 1 amide bonds. The molecule has 2 N–H and O–H groups in total. The molecule has 0 spiro atoms. The molecule has 0 saturated heterocycles. The average Bonchev–Trinajstić information content (AvgIpc) is 3.03. The van der Waals surface area contributed by atoms with Gasteiger partial charge in [0.1, 0.15) is 0 Å². The summed E-state index contributed by atoms with van der Waals surface area (Å²) in [5.74, 6) is 0.906. The van der Waals surface area contributed by atoms with Gasteiger partial charge in [-0.15, -0.1) is 0 Å². The van der Waals surface area contributed by atoms with Crippen molar-refractivity contribution in [3.05, 3.63) is 0 Å². The molecule has 0 unspecified atom stereocenters. The van der Waals surface area contributed by atoms with E-state index in [0.29, 0.717) is 6.54 Å². The van der Waals surface area contributed by atoms with Gasteiger partial charge in [-0.1, -0.05) is 0 Å². The zero-order chi connectivity index (χ0) is 11.8. The first-order valence-corrected chi connectivity index (χ1v) is 6.30. The predicted octanol–water partition coefficient (Wildman–Crippen LogP) is 0.444. The lowest BCUT2D eigenvalue weighted by atomic mass is 10.3. The minimum absolute atomic E-state index is 0.138. The van der Waals surface area contributed by atoms with Crippen molar-refractivity contribution < 1.29 is 4.79 Å². The van der Waals surface area contributed by atoms with Crippen LogP contribution < -0.4 is 10.6 Å². The van der Waals surface area contributed by atoms with Gasteiger partial charge >= 0.3 is 0 Å². The molecular weight excluding hydrogens is 202 g/mol. The van der Waals surface area contributed by atoms with E-state index < -0.39 is 0 Å². The van der Waals surface area contributed by atoms with Crippen LogP contribution in [0.15, 0.2) is 0 Å². The molecule has 0 aliphatic heterocycles. The van der Waals surface area contributed by atoms with Gasteiger partial charge in [0.15, 0.2) is 0 Å². The summed E-state index contributed by atoms with van der Waals surface area (Å²) in [5.41, 5.74) is 0. The van der Waals surface area contributed by atoms with E-state index in [4.69, 9.17) is 0 Å². The van der Waals surface area contributed by atoms with Gasteiger partial charge in [-0.05, 0) is 58.8 Å². The maximum Gasteiger partial charge on any atom is 0.233 e. The Hall–Kier alpha value is -0.610. The number of amides is 1. The van der Waals surface area contributed by atoms with Crippen molar-refractivity contribution in [2.24, 2.45) is 5.92 Å². The third kappa shape index (κ3) is 7.65. The maximum absolute atomic E-state index is 11.3. The zero-order valence-corrected chi connectivity index (χ0v) is 10.6. The molecule has 16 heavy (non-hydrogen) atoms. The Balaban J connectivity index is 1.80. The van der Waals surface area contributed by atoms with Crippen molar-refractivity contribution in [3.8, 4) is 0 Å². The van der Waals surface area contributed by atoms with Crippen LogP contribution in [-0.4, -0.2) is 51.1 Å². The van der Waals surface area contributed by atoms with Gasteiger partial charge in [-0.25, -0.2) is 0 Å². The second kappa shape index (κ2) is 7.63. The van der Waals surface area contributed by atoms with E-state index >= 15 is 0 Å². The molecule has 94 valence electrons. The monoisotopic (exact) mass is 227 g/mol. The molecule has 0 aromatic heterocycles. The lowest BCUT2D eigenvalue weighted by Gasteiger charge is -2.09. The Bertz CT molecular complexity index is 202. The van der Waals surface area contributed by atoms with Crippen molar-refractivity contribution in [3.63, 3.8) is 0 Å². The SMILES string of the molecule is CN(C)CCCCNCC(=O)NCC1CC1. The first-order valence-electron chi connectivity index (χ1n) is 6.30. The second-order valence-electron chi connectivity index (χ2n) is 4.93. The minimum Gasteiger partial charge on any atom is -0.355 e. The third-order valence-corrected chi connectivity index (χ3v) is 2.78. The summed E-state index contributed by atoms with van der Waals surface area (Å²) in [6.07, 6.45) is 4.90. The molecule has 1 saturated carbocycles. The van der Waals surface area contributed by atoms with E-state index in [9.17, 15) is 4.79 Å². The number of hydrogen-bond donors (Lipinski definition) is 2. The van der Waals surface area contributed by atoms with Crippen LogP contribution in [0.4, 0.5) is 0 Å². The quantitative estimate of drug-likeness (QED) is 0.562. The topological polar surface area (TPSA) is 44.4 Å². The number of nitrogens with one attached hydrogen (secondary N) is 2. The summed E-state index contributed by atoms with van der Waals surface area (Å²) in [5, 5.41) is 6.12. The maximum atomic E-state index is 11.3. The van der Waals surface area contributed by atoms with Gasteiger partial charge < -0.3 is 15.5 Å². The molecule has 0 atom stereocenters. The van der Waals surface area contributed by atoms with E-state index in [1.165, 1.54) is 19.3 Å². The molecule has 0 heterocycles. The van der Waals surface area contributed by atoms with Crippen LogP contribution in [-0.2, 0) is 4.79 Å². The van der Waals surface area contributed by atoms with Gasteiger partial charge in [-0.3, -0.25) is 4.79 Å². The summed E-state index contributed by atoms with van der Waals surface area (Å²) in [6.45, 7) is 3.40. The van der Waals surface area contributed by atoms with E-state index in [1.807, 2.05) is 0 Å². The average molecular weight is 227 g/mol. The smallest absolute Gasteiger partial charge is 0.233 e. The summed E-state index contributed by atoms with van der Waals surface area (Å²) in [7, 11) is 4.16. The lowest BCUT2D eigenvalue weighted by Crippen LogP contribution is -2.35. The fourth-order valence-corrected chi connectivity index (χ4v) is 1.52. The van der Waals surface area contributed by atoms with E-state index in [0.717, 1.165) is 32.0 Å². The molecule has 0 radical (unpaired) electrons. The normalized spacial score (nSPS) is 15.4. The summed E-state index contributed by atoms with van der Waals surface area (Å²) in [4.78, 5) is 13.5. The van der Waals surface area contributed by atoms with Crippen LogP contribution in [0.1, 0.15) is 25.7 Å². The molecule has 0 bridgehead atoms. The van der Waals surface area contributed by atoms with Crippen molar-refractivity contribution in [2.75, 3.05) is 40.3 Å². The highest BCUT2D eigenvalue weighted by Crippen LogP contribution is 2.27. The second-order valence-corrected chi connectivity index (χ2v) is 4.93. The number of rotatable bonds is 9. The van der Waals surface area contributed by atoms with Gasteiger partial charge in [0.25, 0.3) is 0 Å². The van der Waals surface area contributed by atoms with Crippen molar-refractivity contribution in [2.45, 2.75) is 25.7 Å². The first-order chi connectivity index (χ1) is 7.68. The summed E-state index contributed by atoms with van der Waals surface area (Å²) in [6, 6.07) is 0. The molecule has 1 aliphatic rings. The van der Waals surface area contributed by atoms with Crippen LogP contribution in [0.25, 0.3) is 0 Å². The van der Waals surface area contributed by atoms with Gasteiger partial charge in [0.2, 0.25) is 5.91 Å². The molecule has 1 fully saturated rings. The predicted molar refractivity (Wildman–Crippen MR) is 66.4 cm³/mol. The molecule has 0 aromatic carbocycles. The Labute approximate surface area is 98.8 Å². The highest BCUT2D eigenvalue weighted by atomic mass is 16.1. The fourth-order valence-electron chi connectivity index (χ4n) is 1.52. The first kappa shape index (κ1) is 13.5. The van der Waals surface area contributed by atoms with Crippen molar-refractivity contribution in [1.29, 1.82) is 0 Å². The van der Waals surface area contributed by atoms with Gasteiger partial charge in [0, 0.05) is 6.54 Å². The number of carbonyl (C=O) groups excluding carboxylic acids is 1. The third-order valence-electron chi connectivity index (χ3n) is 2.78. The molecule has 0 aromatic rings. The Morgan fingerprint density at radius 3 is 2.69 bits per heavy atom. The Morgan fingerprint density at radius 1 is 1.31 bits per heavy atom. The fraction of sp³-hybridized carbons (Fsp3) is 0.917. The lowest BCUT2D eigenvalue weighted by molar-refractivity contribution is -0.120. The van der Waals surface area contributed by atoms with Gasteiger partial charge in [0.05, 0.1) is 6.54 Å². The minimum atomic E-state index is 0.138. The van der Waals surface area contributed by atoms with Crippen LogP contribution in [0.2, 0.25) is 0 Å². The summed E-state index contributed by atoms with van der Waals surface area (Å²) >= 11 is 0. The van der Waals surface area contributed by atoms with E-state index in [1.54, 1.807) is 0 Å². The van der Waals surface area contributed by atoms with Crippen LogP contribution in [0.3, 0.4) is 0 Å². The number of unbranched alkanes of at least 4 members (excludes halogenated alkanes) is 1. The molecular formula is C12H25N3O. The van der Waals surface area contributed by atoms with Crippen molar-refractivity contribution in [1.82, 2.24) is 15.5 Å². The number of nitrogens with zero attached hydrogens (tertiary/aromatic N) is 1. The number of carbonyl (C=O) groups is 1. The van der Waals surface area contributed by atoms with Gasteiger partial charge in [-0.2, -0.15) is 0 Å². The Morgan fingerprint density at radius 2 is 2.06 bits per heavy atom. The van der Waals surface area contributed by atoms with Crippen LogP contribution in [0, 0.1) is 5.92 Å². The van der Waals surface area contributed by atoms with Crippen LogP contribution in [0.5, 0.6) is 0 Å². The summed E-state index contributed by atoms with van der Waals surface area (Å²) < 4.78 is 0. The largest absolute Gasteiger partial charge is 0.355 e. The van der Waals surface area contributed by atoms with E-state index in [-0.39, 0.29) is 5.91 Å². The van der Waals surface area contributed by atoms with E-state index in [2.05, 4.69) is 29.6 Å². The van der Waals surface area contributed by atoms with Crippen LogP contribution >= 0.6 is 0 Å². The highest BCUT2D eigenvalue weighted by molar-refractivity contribution is 5.77. The standard InChI is InChI=1S/C12H25N3O/c1-15(2)8-4-3-7-13-10-12(16)14-9-11-5-6-11/h11,13H,3-10H2,1-2H3,(H,14,16). The number of hydrogen-bond acceptors (Lipinski definition) is 3. The Kier molecular flexibility index (Phi) is 6.42.